The van der Waals surface area contributed by atoms with Crippen molar-refractivity contribution in [2.75, 3.05) is 18.1 Å². The SMILES string of the molecule is C[C@H](NC(=O)c1ccc2c(c1)OCCN2Cc1ccc(-c2ccccc2C(=O)O)cc1)c1cccc2ccccc12. The van der Waals surface area contributed by atoms with E-state index < -0.39 is 5.97 Å². The smallest absolute Gasteiger partial charge is 0.336 e. The molecule has 0 bridgehead atoms. The molecule has 1 heterocycles. The van der Waals surface area contributed by atoms with Crippen molar-refractivity contribution in [2.24, 2.45) is 0 Å². The fraction of sp³-hybridized carbons (Fsp3) is 0.143. The molecule has 1 amide bonds. The molecule has 0 fully saturated rings. The van der Waals surface area contributed by atoms with Crippen LogP contribution in [0.4, 0.5) is 5.69 Å². The number of carboxylic acids is 1. The maximum atomic E-state index is 13.2. The first-order valence-electron chi connectivity index (χ1n) is 13.7. The Morgan fingerprint density at radius 2 is 1.66 bits per heavy atom. The number of rotatable bonds is 7. The summed E-state index contributed by atoms with van der Waals surface area (Å²) in [7, 11) is 0. The minimum atomic E-state index is -0.939. The van der Waals surface area contributed by atoms with Crippen molar-refractivity contribution in [3.8, 4) is 16.9 Å². The third kappa shape index (κ3) is 5.37. The zero-order valence-corrected chi connectivity index (χ0v) is 22.7. The molecule has 0 saturated carbocycles. The lowest BCUT2D eigenvalue weighted by atomic mass is 9.98. The van der Waals surface area contributed by atoms with Gasteiger partial charge in [0.25, 0.3) is 5.91 Å². The second-order valence-corrected chi connectivity index (χ2v) is 10.3. The summed E-state index contributed by atoms with van der Waals surface area (Å²) in [6.07, 6.45) is 0. The molecule has 6 nitrogen and oxygen atoms in total. The Kier molecular flexibility index (Phi) is 7.13. The summed E-state index contributed by atoms with van der Waals surface area (Å²) in [5, 5.41) is 15.0. The van der Waals surface area contributed by atoms with Gasteiger partial charge in [-0.3, -0.25) is 4.79 Å². The third-order valence-electron chi connectivity index (χ3n) is 7.61. The molecule has 0 unspecified atom stereocenters. The first-order valence-corrected chi connectivity index (χ1v) is 13.7. The second kappa shape index (κ2) is 11.2. The molecule has 41 heavy (non-hydrogen) atoms. The van der Waals surface area contributed by atoms with Gasteiger partial charge in [0, 0.05) is 12.1 Å². The summed E-state index contributed by atoms with van der Waals surface area (Å²) in [6, 6.07) is 34.8. The van der Waals surface area contributed by atoms with Gasteiger partial charge in [0.1, 0.15) is 12.4 Å². The quantitative estimate of drug-likeness (QED) is 0.229. The topological polar surface area (TPSA) is 78.9 Å². The molecule has 1 atom stereocenters. The molecule has 0 spiro atoms. The highest BCUT2D eigenvalue weighted by atomic mass is 16.5. The number of ether oxygens (including phenoxy) is 1. The summed E-state index contributed by atoms with van der Waals surface area (Å²) >= 11 is 0. The van der Waals surface area contributed by atoms with Gasteiger partial charge >= 0.3 is 5.97 Å². The zero-order valence-electron chi connectivity index (χ0n) is 22.7. The van der Waals surface area contributed by atoms with Crippen LogP contribution in [0.2, 0.25) is 0 Å². The van der Waals surface area contributed by atoms with E-state index in [1.165, 1.54) is 0 Å². The number of aromatic carboxylic acids is 1. The number of benzene rings is 5. The predicted molar refractivity (Wildman–Crippen MR) is 162 cm³/mol. The van der Waals surface area contributed by atoms with Gasteiger partial charge in [0.15, 0.2) is 0 Å². The Bertz CT molecular complexity index is 1740. The van der Waals surface area contributed by atoms with Crippen LogP contribution < -0.4 is 15.0 Å². The minimum absolute atomic E-state index is 0.147. The molecule has 5 aromatic carbocycles. The standard InChI is InChI=1S/C35H30N2O4/c1-23(28-12-6-8-25-7-2-3-9-29(25)28)36-34(38)27-17-18-32-33(21-27)41-20-19-37(32)22-24-13-15-26(16-14-24)30-10-4-5-11-31(30)35(39)40/h2-18,21,23H,19-20,22H2,1H3,(H,36,38)(H,39,40)/t23-/m0/s1. The maximum Gasteiger partial charge on any atom is 0.336 e. The number of nitrogens with zero attached hydrogens (tertiary/aromatic N) is 1. The van der Waals surface area contributed by atoms with Crippen molar-refractivity contribution in [2.45, 2.75) is 19.5 Å². The normalized spacial score (nSPS) is 13.2. The Hall–Kier alpha value is -5.10. The third-order valence-corrected chi connectivity index (χ3v) is 7.61. The van der Waals surface area contributed by atoms with Crippen LogP contribution in [0.5, 0.6) is 5.75 Å². The van der Waals surface area contributed by atoms with E-state index in [9.17, 15) is 14.7 Å². The summed E-state index contributed by atoms with van der Waals surface area (Å²) in [4.78, 5) is 27.1. The second-order valence-electron chi connectivity index (χ2n) is 10.3. The molecule has 6 heteroatoms. The molecule has 6 rings (SSSR count). The van der Waals surface area contributed by atoms with Gasteiger partial charge in [-0.2, -0.15) is 0 Å². The van der Waals surface area contributed by atoms with Crippen LogP contribution in [0.25, 0.3) is 21.9 Å². The molecular weight excluding hydrogens is 512 g/mol. The van der Waals surface area contributed by atoms with E-state index in [2.05, 4.69) is 34.5 Å². The molecule has 0 aromatic heterocycles. The van der Waals surface area contributed by atoms with Gasteiger partial charge in [-0.1, -0.05) is 84.9 Å². The van der Waals surface area contributed by atoms with Crippen molar-refractivity contribution in [1.29, 1.82) is 0 Å². The van der Waals surface area contributed by atoms with E-state index in [0.29, 0.717) is 30.0 Å². The van der Waals surface area contributed by atoms with Gasteiger partial charge in [-0.15, -0.1) is 0 Å². The van der Waals surface area contributed by atoms with E-state index in [4.69, 9.17) is 4.74 Å². The maximum absolute atomic E-state index is 13.2. The summed E-state index contributed by atoms with van der Waals surface area (Å²) in [5.41, 5.74) is 5.52. The van der Waals surface area contributed by atoms with Crippen LogP contribution in [0.1, 0.15) is 44.8 Å². The Morgan fingerprint density at radius 1 is 0.902 bits per heavy atom. The Balaban J connectivity index is 1.17. The van der Waals surface area contributed by atoms with Crippen LogP contribution in [0.3, 0.4) is 0 Å². The summed E-state index contributed by atoms with van der Waals surface area (Å²) in [5.74, 6) is -0.398. The molecule has 2 N–H and O–H groups in total. The fourth-order valence-corrected chi connectivity index (χ4v) is 5.50. The van der Waals surface area contributed by atoms with Crippen LogP contribution in [0.15, 0.2) is 109 Å². The lowest BCUT2D eigenvalue weighted by molar-refractivity contribution is 0.0697. The molecule has 0 saturated heterocycles. The lowest BCUT2D eigenvalue weighted by Gasteiger charge is -2.31. The summed E-state index contributed by atoms with van der Waals surface area (Å²) < 4.78 is 5.96. The number of nitrogens with one attached hydrogen (secondary N) is 1. The average Bonchev–Trinajstić information content (AvgIpc) is 3.01. The molecule has 5 aromatic rings. The van der Waals surface area contributed by atoms with Gasteiger partial charge < -0.3 is 20.1 Å². The van der Waals surface area contributed by atoms with E-state index >= 15 is 0 Å². The van der Waals surface area contributed by atoms with Crippen molar-refractivity contribution in [1.82, 2.24) is 5.32 Å². The average molecular weight is 543 g/mol. The number of carbonyl (C=O) groups excluding carboxylic acids is 1. The molecule has 204 valence electrons. The zero-order chi connectivity index (χ0) is 28.3. The van der Waals surface area contributed by atoms with E-state index in [-0.39, 0.29) is 17.5 Å². The Morgan fingerprint density at radius 3 is 2.49 bits per heavy atom. The lowest BCUT2D eigenvalue weighted by Crippen LogP contribution is -2.32. The number of anilines is 1. The highest BCUT2D eigenvalue weighted by Crippen LogP contribution is 2.34. The molecular formula is C35H30N2O4. The first kappa shape index (κ1) is 26.1. The summed E-state index contributed by atoms with van der Waals surface area (Å²) in [6.45, 7) is 3.91. The Labute approximate surface area is 238 Å². The highest BCUT2D eigenvalue weighted by Gasteiger charge is 2.21. The monoisotopic (exact) mass is 542 g/mol. The van der Waals surface area contributed by atoms with Gasteiger partial charge in [-0.25, -0.2) is 4.79 Å². The first-order chi connectivity index (χ1) is 20.0. The van der Waals surface area contributed by atoms with Gasteiger partial charge in [0.2, 0.25) is 0 Å². The molecule has 1 aliphatic heterocycles. The number of carbonyl (C=O) groups is 2. The van der Waals surface area contributed by atoms with Crippen LogP contribution in [-0.2, 0) is 6.54 Å². The predicted octanol–water partition coefficient (Wildman–Crippen LogP) is 7.10. The van der Waals surface area contributed by atoms with Crippen molar-refractivity contribution >= 4 is 28.3 Å². The molecule has 0 aliphatic carbocycles. The highest BCUT2D eigenvalue weighted by molar-refractivity contribution is 5.97. The molecule has 1 aliphatic rings. The number of hydrogen-bond acceptors (Lipinski definition) is 4. The van der Waals surface area contributed by atoms with E-state index in [0.717, 1.165) is 39.7 Å². The number of fused-ring (bicyclic) bond motifs is 2. The van der Waals surface area contributed by atoms with Crippen LogP contribution >= 0.6 is 0 Å². The van der Waals surface area contributed by atoms with Crippen LogP contribution in [0, 0.1) is 0 Å². The van der Waals surface area contributed by atoms with Crippen molar-refractivity contribution in [3.63, 3.8) is 0 Å². The van der Waals surface area contributed by atoms with E-state index in [1.54, 1.807) is 12.1 Å². The fourth-order valence-electron chi connectivity index (χ4n) is 5.50. The number of carboxylic acid groups (broad SMARTS) is 1. The van der Waals surface area contributed by atoms with Crippen molar-refractivity contribution < 1.29 is 19.4 Å². The van der Waals surface area contributed by atoms with Crippen molar-refractivity contribution in [3.05, 3.63) is 131 Å². The van der Waals surface area contributed by atoms with E-state index in [1.807, 2.05) is 79.7 Å². The van der Waals surface area contributed by atoms with Crippen LogP contribution in [-0.4, -0.2) is 30.1 Å². The largest absolute Gasteiger partial charge is 0.490 e. The van der Waals surface area contributed by atoms with Gasteiger partial charge in [0.05, 0.1) is 23.8 Å². The van der Waals surface area contributed by atoms with Gasteiger partial charge in [-0.05, 0) is 64.2 Å². The number of hydrogen-bond donors (Lipinski definition) is 2. The minimum Gasteiger partial charge on any atom is -0.490 e. The number of amides is 1. The molecule has 0 radical (unpaired) electrons.